The maximum absolute atomic E-state index is 7.96. The fraction of sp³-hybridized carbons (Fsp3) is 0.700. The quantitative estimate of drug-likeness (QED) is 0.507. The smallest absolute Gasteiger partial charge is 0.0931 e. The molecule has 0 amide bonds. The zero-order valence-electron chi connectivity index (χ0n) is 16.2. The molecule has 0 radical (unpaired) electrons. The molecular weight excluding hydrogens is 500 g/mol. The van der Waals surface area contributed by atoms with Crippen LogP contribution in [0.4, 0.5) is 0 Å². The number of aliphatic hydroxyl groups is 2. The minimum atomic E-state index is 0. The van der Waals surface area contributed by atoms with Crippen molar-refractivity contribution in [1.29, 1.82) is 0 Å². The Balaban J connectivity index is 0.000000482. The van der Waals surface area contributed by atoms with Crippen LogP contribution in [0.2, 0.25) is 0 Å². The summed E-state index contributed by atoms with van der Waals surface area (Å²) in [4.78, 5) is 0. The van der Waals surface area contributed by atoms with E-state index < -0.39 is 0 Å². The number of nitrogens with one attached hydrogen (secondary N) is 1. The molecule has 26 heavy (non-hydrogen) atoms. The van der Waals surface area contributed by atoms with E-state index in [4.69, 9.17) is 15.5 Å². The predicted octanol–water partition coefficient (Wildman–Crippen LogP) is 3.02. The molecule has 3 rings (SSSR count). The number of fused-ring (bicyclic) bond motifs is 1. The van der Waals surface area contributed by atoms with Crippen molar-refractivity contribution in [3.63, 3.8) is 0 Å². The topological polar surface area (TPSA) is 75.8 Å². The summed E-state index contributed by atoms with van der Waals surface area (Å²) < 4.78 is 4.44. The summed E-state index contributed by atoms with van der Waals surface area (Å²) in [5.41, 5.74) is 3.07. The van der Waals surface area contributed by atoms with Crippen LogP contribution >= 0.6 is 0 Å². The van der Waals surface area contributed by atoms with Crippen LogP contribution in [0.1, 0.15) is 49.8 Å². The summed E-state index contributed by atoms with van der Waals surface area (Å²) in [5.74, 6) is 0.839. The largest absolute Gasteiger partial charge is 0.655 e. The molecule has 0 saturated heterocycles. The molecule has 1 saturated carbocycles. The predicted molar refractivity (Wildman–Crippen MR) is 103 cm³/mol. The van der Waals surface area contributed by atoms with Crippen LogP contribution in [-0.4, -0.2) is 50.4 Å². The van der Waals surface area contributed by atoms with Gasteiger partial charge in [0, 0.05) is 28.2 Å². The monoisotopic (exact) mass is 535 g/mol. The molecule has 1 aliphatic heterocycles. The minimum Gasteiger partial charge on any atom is -0.655 e. The van der Waals surface area contributed by atoms with Gasteiger partial charge in [-0.1, -0.05) is 68.4 Å². The van der Waals surface area contributed by atoms with Gasteiger partial charge in [0.25, 0.3) is 0 Å². The number of hydrogen-bond acceptors (Lipinski definition) is 4. The summed E-state index contributed by atoms with van der Waals surface area (Å²) in [7, 11) is 1.55. The van der Waals surface area contributed by atoms with E-state index in [2.05, 4.69) is 34.3 Å². The fourth-order valence-corrected chi connectivity index (χ4v) is 3.35. The first-order valence-electron chi connectivity index (χ1n) is 9.44. The average molecular weight is 535 g/mol. The molecule has 0 bridgehead atoms. The van der Waals surface area contributed by atoms with E-state index in [1.807, 2.05) is 6.92 Å². The Bertz CT molecular complexity index is 433. The maximum Gasteiger partial charge on any atom is 0.0931 e. The third-order valence-corrected chi connectivity index (χ3v) is 4.58. The SMILES string of the molecule is CCNCO.COCCO.[W].c1ccc2c(c1)CC[N-]C2C1CCCC1. The van der Waals surface area contributed by atoms with Gasteiger partial charge in [-0.3, -0.25) is 5.32 Å². The zero-order chi connectivity index (χ0) is 18.3. The third kappa shape index (κ3) is 9.59. The van der Waals surface area contributed by atoms with Crippen molar-refractivity contribution < 1.29 is 36.0 Å². The fourth-order valence-electron chi connectivity index (χ4n) is 3.35. The molecule has 0 spiro atoms. The van der Waals surface area contributed by atoms with Crippen molar-refractivity contribution >= 4 is 0 Å². The van der Waals surface area contributed by atoms with Crippen molar-refractivity contribution in [2.45, 2.75) is 45.1 Å². The second-order valence-electron chi connectivity index (χ2n) is 6.32. The van der Waals surface area contributed by atoms with E-state index in [1.165, 1.54) is 31.2 Å². The Morgan fingerprint density at radius 3 is 2.38 bits per heavy atom. The Morgan fingerprint density at radius 2 is 1.88 bits per heavy atom. The Labute approximate surface area is 173 Å². The number of rotatable bonds is 5. The van der Waals surface area contributed by atoms with Crippen LogP contribution < -0.4 is 5.32 Å². The Hall–Kier alpha value is -0.292. The van der Waals surface area contributed by atoms with Crippen LogP contribution in [-0.2, 0) is 32.2 Å². The van der Waals surface area contributed by atoms with Gasteiger partial charge in [-0.2, -0.15) is 0 Å². The van der Waals surface area contributed by atoms with Crippen molar-refractivity contribution in [2.24, 2.45) is 5.92 Å². The molecule has 1 aromatic rings. The van der Waals surface area contributed by atoms with Crippen molar-refractivity contribution in [3.8, 4) is 0 Å². The molecule has 1 unspecified atom stereocenters. The molecule has 5 nitrogen and oxygen atoms in total. The summed E-state index contributed by atoms with van der Waals surface area (Å²) in [5, 5.41) is 23.4. The maximum atomic E-state index is 7.96. The van der Waals surface area contributed by atoms with E-state index in [-0.39, 0.29) is 34.4 Å². The van der Waals surface area contributed by atoms with Crippen LogP contribution in [0.3, 0.4) is 0 Å². The molecule has 2 aliphatic rings. The second-order valence-corrected chi connectivity index (χ2v) is 6.32. The van der Waals surface area contributed by atoms with Gasteiger partial charge in [0.15, 0.2) is 0 Å². The van der Waals surface area contributed by atoms with Crippen molar-refractivity contribution in [3.05, 3.63) is 40.7 Å². The van der Waals surface area contributed by atoms with Crippen LogP contribution in [0.5, 0.6) is 0 Å². The van der Waals surface area contributed by atoms with Crippen LogP contribution in [0, 0.1) is 5.92 Å². The van der Waals surface area contributed by atoms with Gasteiger partial charge in [0.05, 0.1) is 19.9 Å². The normalized spacial score (nSPS) is 18.5. The number of nitrogens with zero attached hydrogens (tertiary/aromatic N) is 1. The van der Waals surface area contributed by atoms with E-state index in [9.17, 15) is 0 Å². The van der Waals surface area contributed by atoms with Gasteiger partial charge in [0.1, 0.15) is 0 Å². The molecule has 1 heterocycles. The Kier molecular flexibility index (Phi) is 16.7. The molecule has 1 atom stereocenters. The Morgan fingerprint density at radius 1 is 1.19 bits per heavy atom. The van der Waals surface area contributed by atoms with Gasteiger partial charge < -0.3 is 20.3 Å². The summed E-state index contributed by atoms with van der Waals surface area (Å²) in [6, 6.07) is 9.43. The van der Waals surface area contributed by atoms with Gasteiger partial charge in [0.2, 0.25) is 0 Å². The van der Waals surface area contributed by atoms with E-state index in [0.29, 0.717) is 12.6 Å². The number of methoxy groups -OCH3 is 1. The molecule has 3 N–H and O–H groups in total. The second kappa shape index (κ2) is 16.9. The van der Waals surface area contributed by atoms with E-state index in [0.717, 1.165) is 25.4 Å². The molecule has 0 aromatic heterocycles. The van der Waals surface area contributed by atoms with Gasteiger partial charge >= 0.3 is 0 Å². The standard InChI is InChI=1S/C14H18N.C3H9NO.C3H8O2.W/c1-2-7-12(6-1)14-13-8-4-3-5-11(13)9-10-15-14;1-2-4-3-5;1-5-3-2-4;/h3-5,8,12,14H,1-2,6-7,9-10H2;4-5H,2-3H2,1H3;4H,2-3H2,1H3;/q-1;;;. The summed E-state index contributed by atoms with van der Waals surface area (Å²) in [6.07, 6.45) is 6.77. The van der Waals surface area contributed by atoms with Crippen molar-refractivity contribution in [2.75, 3.05) is 40.1 Å². The van der Waals surface area contributed by atoms with Gasteiger partial charge in [-0.25, -0.2) is 0 Å². The third-order valence-electron chi connectivity index (χ3n) is 4.58. The first-order valence-corrected chi connectivity index (χ1v) is 9.44. The zero-order valence-corrected chi connectivity index (χ0v) is 19.1. The molecule has 1 aliphatic carbocycles. The molecule has 1 aromatic carbocycles. The van der Waals surface area contributed by atoms with Crippen molar-refractivity contribution in [1.82, 2.24) is 5.32 Å². The summed E-state index contributed by atoms with van der Waals surface area (Å²) in [6.45, 7) is 4.48. The minimum absolute atomic E-state index is 0. The summed E-state index contributed by atoms with van der Waals surface area (Å²) >= 11 is 0. The van der Waals surface area contributed by atoms with Crippen LogP contribution in [0.15, 0.2) is 24.3 Å². The average Bonchev–Trinajstić information content (AvgIpc) is 3.18. The number of benzene rings is 1. The van der Waals surface area contributed by atoms with Gasteiger partial charge in [-0.15, -0.1) is 12.6 Å². The van der Waals surface area contributed by atoms with E-state index in [1.54, 1.807) is 12.7 Å². The first kappa shape index (κ1) is 25.7. The molecule has 150 valence electrons. The number of aliphatic hydroxyl groups excluding tert-OH is 2. The van der Waals surface area contributed by atoms with Crippen LogP contribution in [0.25, 0.3) is 5.32 Å². The number of ether oxygens (including phenoxy) is 1. The molecule has 1 fully saturated rings. The first-order chi connectivity index (χ1) is 12.3. The van der Waals surface area contributed by atoms with Gasteiger partial charge in [-0.05, 0) is 18.5 Å². The number of hydrogen-bond donors (Lipinski definition) is 3. The molecular formula is C20H35N2O3W-. The van der Waals surface area contributed by atoms with E-state index >= 15 is 0 Å². The molecule has 6 heteroatoms.